The zero-order chi connectivity index (χ0) is 9.19. The highest BCUT2D eigenvalue weighted by Gasteiger charge is 2.35. The Kier molecular flexibility index (Phi) is 2.95. The van der Waals surface area contributed by atoms with Crippen molar-refractivity contribution >= 4 is 0 Å². The van der Waals surface area contributed by atoms with Gasteiger partial charge in [-0.15, -0.1) is 0 Å². The minimum atomic E-state index is -4.28. The number of aliphatic hydroxyl groups is 1. The van der Waals surface area contributed by atoms with Crippen molar-refractivity contribution in [2.24, 2.45) is 5.92 Å². The molecule has 1 aliphatic rings. The van der Waals surface area contributed by atoms with Gasteiger partial charge in [0.15, 0.2) is 0 Å². The molecule has 1 N–H and O–H groups in total. The van der Waals surface area contributed by atoms with Gasteiger partial charge in [0.05, 0.1) is 19.1 Å². The van der Waals surface area contributed by atoms with Crippen molar-refractivity contribution < 1.29 is 23.0 Å². The molecule has 0 aromatic rings. The fourth-order valence-corrected chi connectivity index (χ4v) is 1.26. The molecule has 0 radical (unpaired) electrons. The van der Waals surface area contributed by atoms with Crippen molar-refractivity contribution in [1.29, 1.82) is 0 Å². The molecule has 2 nitrogen and oxygen atoms in total. The summed E-state index contributed by atoms with van der Waals surface area (Å²) in [5.41, 5.74) is 0. The fourth-order valence-electron chi connectivity index (χ4n) is 1.26. The summed E-state index contributed by atoms with van der Waals surface area (Å²) >= 11 is 0. The Morgan fingerprint density at radius 3 is 2.58 bits per heavy atom. The van der Waals surface area contributed by atoms with Crippen molar-refractivity contribution in [2.75, 3.05) is 13.2 Å². The minimum absolute atomic E-state index is 0.247. The monoisotopic (exact) mass is 184 g/mol. The molecule has 0 saturated carbocycles. The molecule has 1 heterocycles. The number of alkyl halides is 3. The second-order valence-corrected chi connectivity index (χ2v) is 3.01. The second kappa shape index (κ2) is 3.62. The fraction of sp³-hybridized carbons (Fsp3) is 1.00. The van der Waals surface area contributed by atoms with Gasteiger partial charge in [0.1, 0.15) is 0 Å². The van der Waals surface area contributed by atoms with Crippen LogP contribution in [0.4, 0.5) is 13.2 Å². The SMILES string of the molecule is OC(CC(F)(F)F)C1CCOC1. The van der Waals surface area contributed by atoms with Gasteiger partial charge in [0.2, 0.25) is 0 Å². The molecular weight excluding hydrogens is 173 g/mol. The molecule has 12 heavy (non-hydrogen) atoms. The third-order valence-electron chi connectivity index (χ3n) is 1.95. The van der Waals surface area contributed by atoms with E-state index in [0.29, 0.717) is 13.0 Å². The quantitative estimate of drug-likeness (QED) is 0.701. The highest BCUT2D eigenvalue weighted by atomic mass is 19.4. The number of ether oxygens (including phenoxy) is 1. The number of rotatable bonds is 2. The molecule has 0 amide bonds. The van der Waals surface area contributed by atoms with Gasteiger partial charge in [-0.05, 0) is 6.42 Å². The lowest BCUT2D eigenvalue weighted by Gasteiger charge is -2.17. The molecule has 1 saturated heterocycles. The molecule has 0 aromatic carbocycles. The van der Waals surface area contributed by atoms with Crippen LogP contribution in [0.15, 0.2) is 0 Å². The van der Waals surface area contributed by atoms with Crippen LogP contribution in [0.25, 0.3) is 0 Å². The standard InChI is InChI=1S/C7H11F3O2/c8-7(9,10)3-6(11)5-1-2-12-4-5/h5-6,11H,1-4H2. The lowest BCUT2D eigenvalue weighted by Crippen LogP contribution is -2.27. The minimum Gasteiger partial charge on any atom is -0.392 e. The molecule has 1 aliphatic heterocycles. The van der Waals surface area contributed by atoms with Crippen LogP contribution in [0.5, 0.6) is 0 Å². The van der Waals surface area contributed by atoms with E-state index in [1.54, 1.807) is 0 Å². The van der Waals surface area contributed by atoms with E-state index in [4.69, 9.17) is 9.84 Å². The molecule has 0 aromatic heterocycles. The van der Waals surface area contributed by atoms with Crippen LogP contribution in [-0.4, -0.2) is 30.6 Å². The molecule has 0 spiro atoms. The van der Waals surface area contributed by atoms with E-state index >= 15 is 0 Å². The van der Waals surface area contributed by atoms with Crippen molar-refractivity contribution in [3.63, 3.8) is 0 Å². The summed E-state index contributed by atoms with van der Waals surface area (Å²) in [6.45, 7) is 0.705. The Morgan fingerprint density at radius 1 is 1.50 bits per heavy atom. The van der Waals surface area contributed by atoms with E-state index < -0.39 is 18.7 Å². The third-order valence-corrected chi connectivity index (χ3v) is 1.95. The van der Waals surface area contributed by atoms with Gasteiger partial charge in [-0.2, -0.15) is 13.2 Å². The smallest absolute Gasteiger partial charge is 0.391 e. The van der Waals surface area contributed by atoms with Crippen LogP contribution in [0.1, 0.15) is 12.8 Å². The van der Waals surface area contributed by atoms with Crippen LogP contribution in [0, 0.1) is 5.92 Å². The molecule has 2 unspecified atom stereocenters. The summed E-state index contributed by atoms with van der Waals surface area (Å²) in [7, 11) is 0. The average Bonchev–Trinajstić information content (AvgIpc) is 2.32. The van der Waals surface area contributed by atoms with Crippen molar-refractivity contribution in [2.45, 2.75) is 25.1 Å². The molecule has 1 rings (SSSR count). The normalized spacial score (nSPS) is 27.5. The third kappa shape index (κ3) is 2.98. The molecule has 0 aliphatic carbocycles. The zero-order valence-corrected chi connectivity index (χ0v) is 6.47. The summed E-state index contributed by atoms with van der Waals surface area (Å²) in [5, 5.41) is 9.08. The zero-order valence-electron chi connectivity index (χ0n) is 6.47. The van der Waals surface area contributed by atoms with Gasteiger partial charge in [-0.1, -0.05) is 0 Å². The van der Waals surface area contributed by atoms with Gasteiger partial charge in [-0.25, -0.2) is 0 Å². The molecule has 0 bridgehead atoms. The maximum atomic E-state index is 11.8. The highest BCUT2D eigenvalue weighted by Crippen LogP contribution is 2.27. The molecular formula is C7H11F3O2. The van der Waals surface area contributed by atoms with E-state index in [0.717, 1.165) is 0 Å². The first-order valence-electron chi connectivity index (χ1n) is 3.81. The Hall–Kier alpha value is -0.290. The first-order valence-corrected chi connectivity index (χ1v) is 3.81. The number of aliphatic hydroxyl groups excluding tert-OH is 1. The lowest BCUT2D eigenvalue weighted by molar-refractivity contribution is -0.159. The maximum Gasteiger partial charge on any atom is 0.391 e. The summed E-state index contributed by atoms with van der Waals surface area (Å²) in [6, 6.07) is 0. The Labute approximate surface area is 68.3 Å². The Balaban J connectivity index is 2.31. The van der Waals surface area contributed by atoms with Gasteiger partial charge < -0.3 is 9.84 Å². The lowest BCUT2D eigenvalue weighted by atomic mass is 9.99. The molecule has 72 valence electrons. The Bertz CT molecular complexity index is 140. The van der Waals surface area contributed by atoms with Crippen LogP contribution >= 0.6 is 0 Å². The summed E-state index contributed by atoms with van der Waals surface area (Å²) in [4.78, 5) is 0. The predicted octanol–water partition coefficient (Wildman–Crippen LogP) is 1.34. The van der Waals surface area contributed by atoms with Crippen molar-refractivity contribution in [3.8, 4) is 0 Å². The van der Waals surface area contributed by atoms with Gasteiger partial charge in [0.25, 0.3) is 0 Å². The van der Waals surface area contributed by atoms with Gasteiger partial charge in [0, 0.05) is 12.5 Å². The largest absolute Gasteiger partial charge is 0.392 e. The summed E-state index contributed by atoms with van der Waals surface area (Å²) in [6.07, 6.45) is -6.17. The van der Waals surface area contributed by atoms with E-state index in [1.807, 2.05) is 0 Å². The topological polar surface area (TPSA) is 29.5 Å². The second-order valence-electron chi connectivity index (χ2n) is 3.01. The van der Waals surface area contributed by atoms with Gasteiger partial charge >= 0.3 is 6.18 Å². The molecule has 5 heteroatoms. The van der Waals surface area contributed by atoms with Crippen LogP contribution in [0.3, 0.4) is 0 Å². The van der Waals surface area contributed by atoms with Crippen LogP contribution in [-0.2, 0) is 4.74 Å². The number of halogens is 3. The van der Waals surface area contributed by atoms with E-state index in [2.05, 4.69) is 0 Å². The first-order chi connectivity index (χ1) is 5.49. The van der Waals surface area contributed by atoms with E-state index in [1.165, 1.54) is 0 Å². The molecule has 1 fully saturated rings. The maximum absolute atomic E-state index is 11.8. The number of hydrogen-bond donors (Lipinski definition) is 1. The van der Waals surface area contributed by atoms with E-state index in [9.17, 15) is 13.2 Å². The average molecular weight is 184 g/mol. The highest BCUT2D eigenvalue weighted by molar-refractivity contribution is 4.74. The summed E-state index contributed by atoms with van der Waals surface area (Å²) in [5.74, 6) is -0.341. The first kappa shape index (κ1) is 9.80. The van der Waals surface area contributed by atoms with Crippen molar-refractivity contribution in [3.05, 3.63) is 0 Å². The van der Waals surface area contributed by atoms with Gasteiger partial charge in [-0.3, -0.25) is 0 Å². The number of hydrogen-bond acceptors (Lipinski definition) is 2. The van der Waals surface area contributed by atoms with Crippen molar-refractivity contribution in [1.82, 2.24) is 0 Å². The van der Waals surface area contributed by atoms with Crippen LogP contribution < -0.4 is 0 Å². The summed E-state index contributed by atoms with van der Waals surface area (Å²) < 4.78 is 40.1. The molecule has 2 atom stereocenters. The van der Waals surface area contributed by atoms with E-state index in [-0.39, 0.29) is 12.5 Å². The predicted molar refractivity (Wildman–Crippen MR) is 35.6 cm³/mol. The van der Waals surface area contributed by atoms with Crippen LogP contribution in [0.2, 0.25) is 0 Å². The Morgan fingerprint density at radius 2 is 2.17 bits per heavy atom.